The molecule has 1 aromatic carbocycles. The lowest BCUT2D eigenvalue weighted by atomic mass is 10.1. The zero-order valence-electron chi connectivity index (χ0n) is 15.9. The number of thiophene rings is 1. The third-order valence-electron chi connectivity index (χ3n) is 4.25. The Labute approximate surface area is 176 Å². The minimum atomic E-state index is -0.659. The van der Waals surface area contributed by atoms with Crippen molar-refractivity contribution < 1.29 is 23.8 Å². The Balaban J connectivity index is 1.91. The van der Waals surface area contributed by atoms with E-state index < -0.39 is 11.9 Å². The number of halogens is 1. The Morgan fingerprint density at radius 2 is 2.03 bits per heavy atom. The quantitative estimate of drug-likeness (QED) is 0.425. The van der Waals surface area contributed by atoms with Gasteiger partial charge in [-0.1, -0.05) is 11.6 Å². The monoisotopic (exact) mass is 432 g/mol. The molecule has 150 valence electrons. The number of nitrogens with one attached hydrogen (secondary N) is 1. The fourth-order valence-corrected chi connectivity index (χ4v) is 3.93. The first kappa shape index (κ1) is 20.7. The second-order valence-corrected chi connectivity index (χ2v) is 7.69. The van der Waals surface area contributed by atoms with Crippen molar-refractivity contribution >= 4 is 45.9 Å². The number of amides is 1. The minimum Gasteiger partial charge on any atom is -0.462 e. The van der Waals surface area contributed by atoms with Crippen molar-refractivity contribution in [1.29, 1.82) is 5.26 Å². The molecule has 0 saturated carbocycles. The Kier molecular flexibility index (Phi) is 6.11. The van der Waals surface area contributed by atoms with Crippen molar-refractivity contribution in [1.82, 2.24) is 0 Å². The maximum Gasteiger partial charge on any atom is 0.341 e. The largest absolute Gasteiger partial charge is 0.462 e. The number of aryl methyl sites for hydroxylation is 1. The highest BCUT2D eigenvalue weighted by Crippen LogP contribution is 2.38. The van der Waals surface area contributed by atoms with Gasteiger partial charge in [0.05, 0.1) is 17.2 Å². The third kappa shape index (κ3) is 4.21. The summed E-state index contributed by atoms with van der Waals surface area (Å²) < 4.78 is 15.6. The molecule has 0 atom stereocenters. The number of nitriles is 1. The maximum absolute atomic E-state index is 12.7. The van der Waals surface area contributed by atoms with E-state index in [2.05, 4.69) is 5.32 Å². The molecule has 0 aliphatic carbocycles. The van der Waals surface area contributed by atoms with Gasteiger partial charge in [-0.25, -0.2) is 4.79 Å². The Bertz CT molecular complexity index is 1070. The van der Waals surface area contributed by atoms with Gasteiger partial charge in [0.1, 0.15) is 16.6 Å². The summed E-state index contributed by atoms with van der Waals surface area (Å²) in [5, 5.41) is 12.8. The number of benzene rings is 1. The van der Waals surface area contributed by atoms with Crippen LogP contribution < -0.4 is 14.8 Å². The summed E-state index contributed by atoms with van der Waals surface area (Å²) in [5.41, 5.74) is 1.28. The Hall–Kier alpha value is -3.02. The van der Waals surface area contributed by atoms with Gasteiger partial charge in [0, 0.05) is 10.9 Å². The van der Waals surface area contributed by atoms with Crippen LogP contribution in [0.1, 0.15) is 33.3 Å². The molecule has 9 heteroatoms. The fraction of sp³-hybridized carbons (Fsp3) is 0.250. The predicted molar refractivity (Wildman–Crippen MR) is 110 cm³/mol. The molecule has 7 nitrogen and oxygen atoms in total. The molecule has 1 aliphatic heterocycles. The van der Waals surface area contributed by atoms with E-state index in [0.29, 0.717) is 32.6 Å². The summed E-state index contributed by atoms with van der Waals surface area (Å²) in [6, 6.07) is 5.03. The van der Waals surface area contributed by atoms with Crippen LogP contribution in [0, 0.1) is 25.2 Å². The number of esters is 1. The van der Waals surface area contributed by atoms with Crippen molar-refractivity contribution in [3.63, 3.8) is 0 Å². The van der Waals surface area contributed by atoms with Gasteiger partial charge in [0.15, 0.2) is 11.5 Å². The van der Waals surface area contributed by atoms with Gasteiger partial charge in [0.25, 0.3) is 5.91 Å². The van der Waals surface area contributed by atoms with Crippen LogP contribution in [0.2, 0.25) is 5.02 Å². The van der Waals surface area contributed by atoms with E-state index in [0.717, 1.165) is 10.4 Å². The average Bonchev–Trinajstić information content (AvgIpc) is 3.23. The van der Waals surface area contributed by atoms with E-state index in [1.54, 1.807) is 26.0 Å². The van der Waals surface area contributed by atoms with Crippen LogP contribution >= 0.6 is 22.9 Å². The van der Waals surface area contributed by atoms with Gasteiger partial charge in [0.2, 0.25) is 6.79 Å². The van der Waals surface area contributed by atoms with Gasteiger partial charge in [-0.15, -0.1) is 11.3 Å². The lowest BCUT2D eigenvalue weighted by Crippen LogP contribution is -2.16. The standard InChI is InChI=1S/C20H17ClN2O5S/c1-4-26-20(25)17-10(2)11(3)29-19(17)23-18(24)13(8-22)5-12-6-15-16(7-14(12)21)28-9-27-15/h5-7H,4,9H2,1-3H3,(H,23,24)/b13-5+. The number of anilines is 1. The van der Waals surface area contributed by atoms with E-state index >= 15 is 0 Å². The van der Waals surface area contributed by atoms with E-state index in [-0.39, 0.29) is 19.0 Å². The topological polar surface area (TPSA) is 97.7 Å². The molecule has 1 aromatic heterocycles. The first-order valence-electron chi connectivity index (χ1n) is 8.65. The van der Waals surface area contributed by atoms with Crippen molar-refractivity contribution in [3.8, 4) is 17.6 Å². The highest BCUT2D eigenvalue weighted by Gasteiger charge is 2.23. The molecule has 0 fully saturated rings. The lowest BCUT2D eigenvalue weighted by molar-refractivity contribution is -0.112. The normalized spacial score (nSPS) is 12.4. The highest BCUT2D eigenvalue weighted by atomic mass is 35.5. The molecule has 0 unspecified atom stereocenters. The van der Waals surface area contributed by atoms with Crippen LogP contribution in [0.5, 0.6) is 11.5 Å². The number of carbonyl (C=O) groups is 2. The number of hydrogen-bond acceptors (Lipinski definition) is 7. The number of ether oxygens (including phenoxy) is 3. The molecule has 3 rings (SSSR count). The number of rotatable bonds is 5. The molecule has 1 N–H and O–H groups in total. The summed E-state index contributed by atoms with van der Waals surface area (Å²) in [7, 11) is 0. The lowest BCUT2D eigenvalue weighted by Gasteiger charge is -2.07. The number of carbonyl (C=O) groups excluding carboxylic acids is 2. The second-order valence-electron chi connectivity index (χ2n) is 6.06. The zero-order valence-corrected chi connectivity index (χ0v) is 17.5. The van der Waals surface area contributed by atoms with Gasteiger partial charge in [-0.3, -0.25) is 4.79 Å². The fourth-order valence-electron chi connectivity index (χ4n) is 2.68. The van der Waals surface area contributed by atoms with E-state index in [9.17, 15) is 14.9 Å². The van der Waals surface area contributed by atoms with Crippen LogP contribution in [-0.4, -0.2) is 25.3 Å². The summed E-state index contributed by atoms with van der Waals surface area (Å²) in [4.78, 5) is 25.8. The number of hydrogen-bond donors (Lipinski definition) is 1. The van der Waals surface area contributed by atoms with Crippen LogP contribution in [0.3, 0.4) is 0 Å². The van der Waals surface area contributed by atoms with Crippen LogP contribution in [0.4, 0.5) is 5.00 Å². The Morgan fingerprint density at radius 3 is 2.69 bits per heavy atom. The first-order chi connectivity index (χ1) is 13.8. The number of nitrogens with zero attached hydrogens (tertiary/aromatic N) is 1. The van der Waals surface area contributed by atoms with Crippen molar-refractivity contribution in [3.05, 3.63) is 44.3 Å². The van der Waals surface area contributed by atoms with E-state index in [1.807, 2.05) is 13.0 Å². The Morgan fingerprint density at radius 1 is 1.34 bits per heavy atom. The molecular weight excluding hydrogens is 416 g/mol. The van der Waals surface area contributed by atoms with Crippen molar-refractivity contribution in [2.75, 3.05) is 18.7 Å². The second kappa shape index (κ2) is 8.55. The summed E-state index contributed by atoms with van der Waals surface area (Å²) in [6.07, 6.45) is 1.36. The van der Waals surface area contributed by atoms with Gasteiger partial charge >= 0.3 is 5.97 Å². The zero-order chi connectivity index (χ0) is 21.1. The van der Waals surface area contributed by atoms with Crippen LogP contribution in [-0.2, 0) is 9.53 Å². The smallest absolute Gasteiger partial charge is 0.341 e. The summed E-state index contributed by atoms with van der Waals surface area (Å²) >= 11 is 7.46. The first-order valence-corrected chi connectivity index (χ1v) is 9.84. The van der Waals surface area contributed by atoms with Crippen molar-refractivity contribution in [2.45, 2.75) is 20.8 Å². The molecule has 0 spiro atoms. The summed E-state index contributed by atoms with van der Waals surface area (Å²) in [5.74, 6) is -0.204. The van der Waals surface area contributed by atoms with Crippen LogP contribution in [0.25, 0.3) is 6.08 Å². The SMILES string of the molecule is CCOC(=O)c1c(NC(=O)/C(C#N)=C/c2cc3c(cc2Cl)OCO3)sc(C)c1C. The highest BCUT2D eigenvalue weighted by molar-refractivity contribution is 7.16. The molecule has 1 amide bonds. The van der Waals surface area contributed by atoms with E-state index in [4.69, 9.17) is 25.8 Å². The maximum atomic E-state index is 12.7. The van der Waals surface area contributed by atoms with Gasteiger partial charge in [-0.2, -0.15) is 5.26 Å². The predicted octanol–water partition coefficient (Wildman–Crippen LogP) is 4.47. The molecule has 0 radical (unpaired) electrons. The average molecular weight is 433 g/mol. The van der Waals surface area contributed by atoms with Gasteiger partial charge < -0.3 is 19.5 Å². The molecule has 29 heavy (non-hydrogen) atoms. The number of fused-ring (bicyclic) bond motifs is 1. The van der Waals surface area contributed by atoms with Crippen LogP contribution in [0.15, 0.2) is 17.7 Å². The minimum absolute atomic E-state index is 0.0815. The third-order valence-corrected chi connectivity index (χ3v) is 5.70. The molecule has 2 aromatic rings. The molecule has 0 bridgehead atoms. The molecular formula is C20H17ClN2O5S. The molecule has 2 heterocycles. The van der Waals surface area contributed by atoms with E-state index in [1.165, 1.54) is 17.4 Å². The van der Waals surface area contributed by atoms with Gasteiger partial charge in [-0.05, 0) is 44.0 Å². The molecule has 0 saturated heterocycles. The van der Waals surface area contributed by atoms with Crippen molar-refractivity contribution in [2.24, 2.45) is 0 Å². The summed E-state index contributed by atoms with van der Waals surface area (Å²) in [6.45, 7) is 5.62. The molecule has 1 aliphatic rings.